The zero-order valence-electron chi connectivity index (χ0n) is 20.9. The topological polar surface area (TPSA) is 117 Å². The maximum absolute atomic E-state index is 13.2. The van der Waals surface area contributed by atoms with Crippen LogP contribution in [0.3, 0.4) is 0 Å². The van der Waals surface area contributed by atoms with E-state index in [0.717, 1.165) is 54.6 Å². The van der Waals surface area contributed by atoms with Crippen LogP contribution in [0.15, 0.2) is 53.5 Å². The predicted molar refractivity (Wildman–Crippen MR) is 139 cm³/mol. The fourth-order valence-electron chi connectivity index (χ4n) is 4.73. The minimum absolute atomic E-state index is 0.00790. The second-order valence-corrected chi connectivity index (χ2v) is 9.38. The Labute approximate surface area is 214 Å². The van der Waals surface area contributed by atoms with Gasteiger partial charge in [-0.1, -0.05) is 12.1 Å². The number of likely N-dealkylation sites (tertiary alicyclic amines) is 1. The van der Waals surface area contributed by atoms with E-state index in [2.05, 4.69) is 25.9 Å². The molecule has 9 nitrogen and oxygen atoms in total. The molecular weight excluding hydrogens is 472 g/mol. The Morgan fingerprint density at radius 3 is 2.89 bits per heavy atom. The number of aryl methyl sites for hydroxylation is 1. The Bertz CT molecular complexity index is 1380. The summed E-state index contributed by atoms with van der Waals surface area (Å²) in [6.45, 7) is 6.29. The summed E-state index contributed by atoms with van der Waals surface area (Å²) in [4.78, 5) is 40.2. The highest BCUT2D eigenvalue weighted by Crippen LogP contribution is 2.31. The number of esters is 1. The molecular formula is C28H30N4O5. The van der Waals surface area contributed by atoms with E-state index in [0.29, 0.717) is 11.3 Å². The maximum atomic E-state index is 13.2. The summed E-state index contributed by atoms with van der Waals surface area (Å²) in [5.41, 5.74) is 4.07. The fraction of sp³-hybridized carbons (Fsp3) is 0.357. The third-order valence-electron chi connectivity index (χ3n) is 6.71. The number of Topliss-reactive ketones (excluding diaryl/α,β-unsaturated/α-hetero) is 1. The molecule has 2 aliphatic heterocycles. The number of piperidine rings is 1. The molecule has 2 saturated heterocycles. The highest BCUT2D eigenvalue weighted by Gasteiger charge is 2.44. The smallest absolute Gasteiger partial charge is 0.326 e. The van der Waals surface area contributed by atoms with Gasteiger partial charge in [0, 0.05) is 43.0 Å². The molecule has 37 heavy (non-hydrogen) atoms. The summed E-state index contributed by atoms with van der Waals surface area (Å²) in [5.74, 6) is -2.39. The molecule has 192 valence electrons. The van der Waals surface area contributed by atoms with Crippen LogP contribution >= 0.6 is 0 Å². The van der Waals surface area contributed by atoms with Crippen molar-refractivity contribution in [1.29, 1.82) is 0 Å². The molecule has 2 aromatic heterocycles. The molecule has 1 aromatic carbocycles. The number of aromatic nitrogens is 2. The molecule has 0 bridgehead atoms. The molecule has 1 unspecified atom stereocenters. The molecule has 0 spiro atoms. The number of nitrogens with one attached hydrogen (secondary N) is 1. The first-order chi connectivity index (χ1) is 17.9. The van der Waals surface area contributed by atoms with Gasteiger partial charge >= 0.3 is 5.97 Å². The monoisotopic (exact) mass is 502 g/mol. The molecule has 5 rings (SSSR count). The van der Waals surface area contributed by atoms with Crippen LogP contribution in [0, 0.1) is 12.8 Å². The SMILES string of the molecule is CCOC(=O)C1C(=O)/C(=C/c2c[nH]c3ncccc23)OC1=Nc1ccc(CN2CCC(O)CC2)cc1C. The van der Waals surface area contributed by atoms with Crippen LogP contribution in [0.5, 0.6) is 0 Å². The number of H-pyrrole nitrogens is 1. The number of hydrogen-bond donors (Lipinski definition) is 2. The number of nitrogens with zero attached hydrogens (tertiary/aromatic N) is 3. The first kappa shape index (κ1) is 24.9. The average Bonchev–Trinajstić information content (AvgIpc) is 3.43. The third kappa shape index (κ3) is 5.33. The number of carbonyl (C=O) groups is 2. The van der Waals surface area contributed by atoms with Gasteiger partial charge in [0.05, 0.1) is 18.4 Å². The predicted octanol–water partition coefficient (Wildman–Crippen LogP) is 3.68. The van der Waals surface area contributed by atoms with Crippen LogP contribution < -0.4 is 0 Å². The van der Waals surface area contributed by atoms with E-state index in [9.17, 15) is 14.7 Å². The fourth-order valence-corrected chi connectivity index (χ4v) is 4.73. The van der Waals surface area contributed by atoms with Crippen molar-refractivity contribution in [1.82, 2.24) is 14.9 Å². The van der Waals surface area contributed by atoms with E-state index < -0.39 is 17.7 Å². The van der Waals surface area contributed by atoms with Crippen LogP contribution in [0.25, 0.3) is 17.1 Å². The standard InChI is InChI=1S/C28H30N4O5/c1-3-36-28(35)24-25(34)23(14-19-15-30-26-21(19)5-4-10-29-26)37-27(24)31-22-7-6-18(13-17(22)2)16-32-11-8-20(33)9-12-32/h4-7,10,13-15,20,24,33H,3,8-9,11-12,16H2,1-2H3,(H,29,30)/b23-14-,31-27?. The van der Waals surface area contributed by atoms with Crippen molar-refractivity contribution in [3.05, 3.63) is 65.2 Å². The first-order valence-corrected chi connectivity index (χ1v) is 12.5. The summed E-state index contributed by atoms with van der Waals surface area (Å²) < 4.78 is 11.1. The number of hydrogen-bond acceptors (Lipinski definition) is 8. The number of aliphatic hydroxyl groups excluding tert-OH is 1. The third-order valence-corrected chi connectivity index (χ3v) is 6.71. The lowest BCUT2D eigenvalue weighted by Gasteiger charge is -2.29. The molecule has 0 radical (unpaired) electrons. The number of aliphatic imine (C=N–C) groups is 1. The van der Waals surface area contributed by atoms with Gasteiger partial charge in [0.2, 0.25) is 11.7 Å². The Morgan fingerprint density at radius 2 is 2.14 bits per heavy atom. The van der Waals surface area contributed by atoms with Crippen LogP contribution in [0.2, 0.25) is 0 Å². The van der Waals surface area contributed by atoms with Crippen molar-refractivity contribution in [3.63, 3.8) is 0 Å². The van der Waals surface area contributed by atoms with Crippen LogP contribution in [0.1, 0.15) is 36.5 Å². The van der Waals surface area contributed by atoms with Crippen molar-refractivity contribution < 1.29 is 24.2 Å². The van der Waals surface area contributed by atoms with Gasteiger partial charge in [0.25, 0.3) is 0 Å². The summed E-state index contributed by atoms with van der Waals surface area (Å²) in [7, 11) is 0. The van der Waals surface area contributed by atoms with Gasteiger partial charge in [0.1, 0.15) is 5.65 Å². The minimum Gasteiger partial charge on any atom is -0.465 e. The van der Waals surface area contributed by atoms with Crippen LogP contribution in [0.4, 0.5) is 5.69 Å². The molecule has 3 aromatic rings. The van der Waals surface area contributed by atoms with Gasteiger partial charge in [-0.15, -0.1) is 0 Å². The average molecular weight is 503 g/mol. The number of pyridine rings is 1. The van der Waals surface area contributed by atoms with Crippen molar-refractivity contribution in [2.45, 2.75) is 39.3 Å². The Balaban J connectivity index is 1.42. The van der Waals surface area contributed by atoms with Crippen molar-refractivity contribution in [2.24, 2.45) is 10.9 Å². The summed E-state index contributed by atoms with van der Waals surface area (Å²) in [5, 5.41) is 10.6. The quantitative estimate of drug-likeness (QED) is 0.300. The number of aliphatic hydroxyl groups is 1. The number of benzene rings is 1. The lowest BCUT2D eigenvalue weighted by Crippen LogP contribution is -2.35. The molecule has 4 heterocycles. The molecule has 9 heteroatoms. The van der Waals surface area contributed by atoms with Gasteiger partial charge in [-0.25, -0.2) is 9.98 Å². The Kier molecular flexibility index (Phi) is 7.16. The van der Waals surface area contributed by atoms with Gasteiger partial charge in [-0.3, -0.25) is 14.5 Å². The van der Waals surface area contributed by atoms with E-state index in [1.807, 2.05) is 31.2 Å². The normalized spacial score (nSPS) is 21.2. The highest BCUT2D eigenvalue weighted by atomic mass is 16.5. The number of rotatable bonds is 6. The van der Waals surface area contributed by atoms with Crippen molar-refractivity contribution >= 4 is 40.4 Å². The summed E-state index contributed by atoms with van der Waals surface area (Å²) in [6.07, 6.45) is 6.39. The number of aromatic amines is 1. The number of allylic oxidation sites excluding steroid dienone is 1. The van der Waals surface area contributed by atoms with E-state index in [4.69, 9.17) is 9.47 Å². The van der Waals surface area contributed by atoms with E-state index >= 15 is 0 Å². The van der Waals surface area contributed by atoms with E-state index in [1.165, 1.54) is 0 Å². The zero-order valence-corrected chi connectivity index (χ0v) is 20.9. The number of ketones is 1. The van der Waals surface area contributed by atoms with E-state index in [-0.39, 0.29) is 24.4 Å². The number of fused-ring (bicyclic) bond motifs is 1. The minimum atomic E-state index is -1.26. The lowest BCUT2D eigenvalue weighted by atomic mass is 10.0. The zero-order chi connectivity index (χ0) is 25.9. The van der Waals surface area contributed by atoms with E-state index in [1.54, 1.807) is 25.4 Å². The van der Waals surface area contributed by atoms with Gasteiger partial charge in [-0.2, -0.15) is 0 Å². The molecule has 2 fully saturated rings. The molecule has 2 aliphatic rings. The van der Waals surface area contributed by atoms with Gasteiger partial charge < -0.3 is 19.6 Å². The summed E-state index contributed by atoms with van der Waals surface area (Å²) >= 11 is 0. The molecule has 1 atom stereocenters. The van der Waals surface area contributed by atoms with Crippen molar-refractivity contribution in [2.75, 3.05) is 19.7 Å². The van der Waals surface area contributed by atoms with Gasteiger partial charge in [0.15, 0.2) is 11.7 Å². The Hall–Kier alpha value is -3.82. The molecule has 0 saturated carbocycles. The molecule has 2 N–H and O–H groups in total. The molecule has 0 amide bonds. The maximum Gasteiger partial charge on any atom is 0.326 e. The Morgan fingerprint density at radius 1 is 1.32 bits per heavy atom. The number of ether oxygens (including phenoxy) is 2. The summed E-state index contributed by atoms with van der Waals surface area (Å²) in [6, 6.07) is 9.61. The first-order valence-electron chi connectivity index (χ1n) is 12.5. The van der Waals surface area contributed by atoms with Crippen LogP contribution in [-0.2, 0) is 25.6 Å². The van der Waals surface area contributed by atoms with Gasteiger partial charge in [-0.05, 0) is 62.1 Å². The lowest BCUT2D eigenvalue weighted by molar-refractivity contribution is -0.147. The second-order valence-electron chi connectivity index (χ2n) is 9.38. The second kappa shape index (κ2) is 10.7. The highest BCUT2D eigenvalue weighted by molar-refractivity contribution is 6.27. The number of carbonyl (C=O) groups excluding carboxylic acids is 2. The van der Waals surface area contributed by atoms with Crippen molar-refractivity contribution in [3.8, 4) is 0 Å². The largest absolute Gasteiger partial charge is 0.465 e. The molecule has 0 aliphatic carbocycles. The van der Waals surface area contributed by atoms with Crippen LogP contribution in [-0.4, -0.2) is 63.4 Å².